The minimum absolute atomic E-state index is 0.346. The highest BCUT2D eigenvalue weighted by Gasteiger charge is 1.95. The second-order valence-corrected chi connectivity index (χ2v) is 3.09. The van der Waals surface area contributed by atoms with Crippen LogP contribution in [0, 0.1) is 11.8 Å². The highest BCUT2D eigenvalue weighted by Crippen LogP contribution is 2.08. The van der Waals surface area contributed by atoms with Gasteiger partial charge in [0.1, 0.15) is 0 Å². The van der Waals surface area contributed by atoms with Gasteiger partial charge in [0, 0.05) is 16.5 Å². The van der Waals surface area contributed by atoms with Crippen molar-refractivity contribution in [1.82, 2.24) is 0 Å². The Morgan fingerprint density at radius 2 is 1.94 bits per heavy atom. The SMILES string of the molecule is NC(N)=NOC(=O)C#Cc1ccc(Cl)cc1. The van der Waals surface area contributed by atoms with E-state index in [2.05, 4.69) is 21.8 Å². The second kappa shape index (κ2) is 5.63. The molecule has 0 heterocycles. The summed E-state index contributed by atoms with van der Waals surface area (Å²) in [4.78, 5) is 15.2. The molecule has 0 spiro atoms. The number of nitrogens with two attached hydrogens (primary N) is 2. The van der Waals surface area contributed by atoms with Gasteiger partial charge in [0.25, 0.3) is 0 Å². The largest absolute Gasteiger partial charge is 0.410 e. The monoisotopic (exact) mass is 237 g/mol. The summed E-state index contributed by atoms with van der Waals surface area (Å²) >= 11 is 5.67. The number of nitrogens with zero attached hydrogens (tertiary/aromatic N) is 1. The second-order valence-electron chi connectivity index (χ2n) is 2.65. The fourth-order valence-corrected chi connectivity index (χ4v) is 0.899. The van der Waals surface area contributed by atoms with Gasteiger partial charge < -0.3 is 16.3 Å². The zero-order valence-corrected chi connectivity index (χ0v) is 8.86. The molecule has 1 aromatic carbocycles. The van der Waals surface area contributed by atoms with Gasteiger partial charge in [-0.25, -0.2) is 4.79 Å². The van der Waals surface area contributed by atoms with E-state index >= 15 is 0 Å². The van der Waals surface area contributed by atoms with Crippen LogP contribution in [0.5, 0.6) is 0 Å². The summed E-state index contributed by atoms with van der Waals surface area (Å²) in [5.74, 6) is 3.57. The van der Waals surface area contributed by atoms with Crippen LogP contribution in [0.1, 0.15) is 5.56 Å². The molecule has 1 aromatic rings. The molecule has 0 aliphatic carbocycles. The first kappa shape index (κ1) is 11.9. The fourth-order valence-electron chi connectivity index (χ4n) is 0.773. The maximum Gasteiger partial charge on any atom is 0.410 e. The smallest absolute Gasteiger partial charge is 0.367 e. The Morgan fingerprint density at radius 1 is 1.31 bits per heavy atom. The zero-order chi connectivity index (χ0) is 12.0. The lowest BCUT2D eigenvalue weighted by Crippen LogP contribution is -2.23. The molecule has 0 aromatic heterocycles. The number of hydrogen-bond acceptors (Lipinski definition) is 3. The highest BCUT2D eigenvalue weighted by atomic mass is 35.5. The van der Waals surface area contributed by atoms with E-state index in [1.807, 2.05) is 0 Å². The molecule has 16 heavy (non-hydrogen) atoms. The molecular formula is C10H8ClN3O2. The topological polar surface area (TPSA) is 90.7 Å². The number of hydrogen-bond donors (Lipinski definition) is 2. The summed E-state index contributed by atoms with van der Waals surface area (Å²) in [6.45, 7) is 0. The lowest BCUT2D eigenvalue weighted by Gasteiger charge is -1.90. The third-order valence-corrected chi connectivity index (χ3v) is 1.64. The standard InChI is InChI=1S/C10H8ClN3O2/c11-8-4-1-7(2-5-8)3-6-9(15)16-14-10(12)13/h1-2,4-5H,(H4,12,13,14). The molecule has 0 saturated carbocycles. The summed E-state index contributed by atoms with van der Waals surface area (Å²) in [6.07, 6.45) is 0. The van der Waals surface area contributed by atoms with Crippen LogP contribution in [-0.4, -0.2) is 11.9 Å². The Labute approximate surface area is 97.0 Å². The van der Waals surface area contributed by atoms with Crippen molar-refractivity contribution in [3.8, 4) is 11.8 Å². The third-order valence-electron chi connectivity index (χ3n) is 1.39. The van der Waals surface area contributed by atoms with E-state index in [0.717, 1.165) is 0 Å². The molecule has 1 rings (SSSR count). The quantitative estimate of drug-likeness (QED) is 0.244. The van der Waals surface area contributed by atoms with Crippen molar-refractivity contribution in [3.63, 3.8) is 0 Å². The Kier molecular flexibility index (Phi) is 4.18. The summed E-state index contributed by atoms with van der Waals surface area (Å²) in [6, 6.07) is 6.66. The van der Waals surface area contributed by atoms with Crippen molar-refractivity contribution in [2.24, 2.45) is 16.6 Å². The first-order chi connectivity index (χ1) is 7.58. The van der Waals surface area contributed by atoms with E-state index in [4.69, 9.17) is 23.1 Å². The Bertz CT molecular complexity index is 467. The van der Waals surface area contributed by atoms with Crippen molar-refractivity contribution < 1.29 is 9.63 Å². The maximum atomic E-state index is 10.9. The van der Waals surface area contributed by atoms with Gasteiger partial charge in [-0.3, -0.25) is 0 Å². The van der Waals surface area contributed by atoms with Crippen LogP contribution in [0.3, 0.4) is 0 Å². The Morgan fingerprint density at radius 3 is 2.50 bits per heavy atom. The van der Waals surface area contributed by atoms with Gasteiger partial charge in [0.2, 0.25) is 5.96 Å². The first-order valence-electron chi connectivity index (χ1n) is 4.15. The van der Waals surface area contributed by atoms with E-state index in [0.29, 0.717) is 10.6 Å². The molecule has 0 bridgehead atoms. The summed E-state index contributed by atoms with van der Waals surface area (Å²) < 4.78 is 0. The summed E-state index contributed by atoms with van der Waals surface area (Å²) in [5.41, 5.74) is 10.5. The third kappa shape index (κ3) is 4.35. The number of rotatable bonds is 1. The molecule has 82 valence electrons. The first-order valence-corrected chi connectivity index (χ1v) is 4.53. The van der Waals surface area contributed by atoms with Crippen LogP contribution in [0.15, 0.2) is 29.4 Å². The van der Waals surface area contributed by atoms with Gasteiger partial charge >= 0.3 is 5.97 Å². The molecular weight excluding hydrogens is 230 g/mol. The van der Waals surface area contributed by atoms with Gasteiger partial charge in [-0.15, -0.1) is 0 Å². The van der Waals surface area contributed by atoms with Crippen LogP contribution in [0.2, 0.25) is 5.02 Å². The van der Waals surface area contributed by atoms with E-state index in [1.165, 1.54) is 0 Å². The molecule has 5 nitrogen and oxygen atoms in total. The molecule has 0 radical (unpaired) electrons. The average Bonchev–Trinajstić information content (AvgIpc) is 2.25. The van der Waals surface area contributed by atoms with Crippen LogP contribution >= 0.6 is 11.6 Å². The molecule has 0 fully saturated rings. The van der Waals surface area contributed by atoms with Crippen molar-refractivity contribution in [1.29, 1.82) is 0 Å². The van der Waals surface area contributed by atoms with Crippen LogP contribution < -0.4 is 11.5 Å². The summed E-state index contributed by atoms with van der Waals surface area (Å²) in [5, 5.41) is 3.64. The predicted octanol–water partition coefficient (Wildman–Crippen LogP) is 0.423. The average molecular weight is 238 g/mol. The number of halogens is 1. The number of guanidine groups is 1. The van der Waals surface area contributed by atoms with Gasteiger partial charge in [-0.2, -0.15) is 0 Å². The molecule has 0 aliphatic rings. The molecule has 6 heteroatoms. The fraction of sp³-hybridized carbons (Fsp3) is 0. The number of benzene rings is 1. The maximum absolute atomic E-state index is 10.9. The van der Waals surface area contributed by atoms with Crippen molar-refractivity contribution >= 4 is 23.5 Å². The number of oxime groups is 1. The molecule has 0 unspecified atom stereocenters. The molecule has 0 aliphatic heterocycles. The van der Waals surface area contributed by atoms with Crippen molar-refractivity contribution in [2.75, 3.05) is 0 Å². The van der Waals surface area contributed by atoms with Gasteiger partial charge in [0.15, 0.2) is 0 Å². The summed E-state index contributed by atoms with van der Waals surface area (Å²) in [7, 11) is 0. The lowest BCUT2D eigenvalue weighted by molar-refractivity contribution is -0.136. The molecule has 4 N–H and O–H groups in total. The van der Waals surface area contributed by atoms with E-state index in [-0.39, 0.29) is 5.96 Å². The minimum atomic E-state index is -0.844. The van der Waals surface area contributed by atoms with E-state index in [9.17, 15) is 4.79 Å². The predicted molar refractivity (Wildman–Crippen MR) is 60.2 cm³/mol. The zero-order valence-electron chi connectivity index (χ0n) is 8.11. The number of carbonyl (C=O) groups is 1. The minimum Gasteiger partial charge on any atom is -0.367 e. The van der Waals surface area contributed by atoms with Crippen LogP contribution in [0.4, 0.5) is 0 Å². The van der Waals surface area contributed by atoms with Gasteiger partial charge in [-0.1, -0.05) is 17.5 Å². The van der Waals surface area contributed by atoms with Crippen molar-refractivity contribution in [3.05, 3.63) is 34.9 Å². The number of carbonyl (C=O) groups excluding carboxylic acids is 1. The molecule has 0 amide bonds. The van der Waals surface area contributed by atoms with Crippen LogP contribution in [-0.2, 0) is 9.63 Å². The molecule has 0 atom stereocenters. The highest BCUT2D eigenvalue weighted by molar-refractivity contribution is 6.30. The van der Waals surface area contributed by atoms with Crippen molar-refractivity contribution in [2.45, 2.75) is 0 Å². The lowest BCUT2D eigenvalue weighted by atomic mass is 10.2. The Balaban J connectivity index is 2.64. The van der Waals surface area contributed by atoms with Gasteiger partial charge in [-0.05, 0) is 29.4 Å². The molecule has 0 saturated heterocycles. The van der Waals surface area contributed by atoms with Crippen LogP contribution in [0.25, 0.3) is 0 Å². The van der Waals surface area contributed by atoms with Gasteiger partial charge in [0.05, 0.1) is 0 Å². The normalized spacial score (nSPS) is 8.56. The van der Waals surface area contributed by atoms with E-state index < -0.39 is 5.97 Å². The Hall–Kier alpha value is -2.19. The van der Waals surface area contributed by atoms with E-state index in [1.54, 1.807) is 24.3 Å².